The summed E-state index contributed by atoms with van der Waals surface area (Å²) in [4.78, 5) is 0. The van der Waals surface area contributed by atoms with E-state index in [1.807, 2.05) is 36.6 Å². The standard InChI is InChI=1S/C20H34O2Si/c1-16(2)23(17(3)4,18(5)6)22-15-11-10-14-20(21)19-12-8-7-9-13-19/h7-9,11-13,15-18,20-21H,10,14H2,1-6H3/b15-11+/t20-/m0/s1. The Morgan fingerprint density at radius 3 is 1.96 bits per heavy atom. The van der Waals surface area contributed by atoms with Crippen LogP contribution in [0.5, 0.6) is 0 Å². The first kappa shape index (κ1) is 20.0. The van der Waals surface area contributed by atoms with Crippen LogP contribution in [0.4, 0.5) is 0 Å². The summed E-state index contributed by atoms with van der Waals surface area (Å²) in [5, 5.41) is 10.2. The Balaban J connectivity index is 2.57. The second-order valence-electron chi connectivity index (χ2n) is 7.31. The second kappa shape index (κ2) is 9.29. The third kappa shape index (κ3) is 5.22. The van der Waals surface area contributed by atoms with Crippen molar-refractivity contribution in [1.82, 2.24) is 0 Å². The fourth-order valence-corrected chi connectivity index (χ4v) is 8.89. The topological polar surface area (TPSA) is 29.5 Å². The van der Waals surface area contributed by atoms with Gasteiger partial charge in [0.05, 0.1) is 12.4 Å². The number of benzene rings is 1. The molecule has 0 heterocycles. The maximum Gasteiger partial charge on any atom is 0.257 e. The van der Waals surface area contributed by atoms with Crippen molar-refractivity contribution in [2.75, 3.05) is 0 Å². The van der Waals surface area contributed by atoms with Crippen molar-refractivity contribution in [3.63, 3.8) is 0 Å². The molecule has 3 heteroatoms. The molecule has 0 aliphatic heterocycles. The number of aliphatic hydroxyl groups excluding tert-OH is 1. The highest BCUT2D eigenvalue weighted by molar-refractivity contribution is 6.77. The van der Waals surface area contributed by atoms with Gasteiger partial charge in [0.2, 0.25) is 0 Å². The zero-order valence-electron chi connectivity index (χ0n) is 15.6. The van der Waals surface area contributed by atoms with Crippen molar-refractivity contribution >= 4 is 8.32 Å². The van der Waals surface area contributed by atoms with Gasteiger partial charge in [-0.3, -0.25) is 0 Å². The van der Waals surface area contributed by atoms with Gasteiger partial charge in [0.15, 0.2) is 0 Å². The minimum Gasteiger partial charge on any atom is -0.548 e. The molecule has 130 valence electrons. The summed E-state index contributed by atoms with van der Waals surface area (Å²) >= 11 is 0. The molecule has 0 aliphatic rings. The lowest BCUT2D eigenvalue weighted by Gasteiger charge is -2.41. The first-order chi connectivity index (χ1) is 10.8. The van der Waals surface area contributed by atoms with Crippen molar-refractivity contribution < 1.29 is 9.53 Å². The summed E-state index contributed by atoms with van der Waals surface area (Å²) in [5.41, 5.74) is 2.74. The van der Waals surface area contributed by atoms with Gasteiger partial charge in [-0.15, -0.1) is 0 Å². The fourth-order valence-electron chi connectivity index (χ4n) is 3.74. The van der Waals surface area contributed by atoms with E-state index in [-0.39, 0.29) is 0 Å². The van der Waals surface area contributed by atoms with Crippen molar-refractivity contribution in [2.24, 2.45) is 0 Å². The van der Waals surface area contributed by atoms with E-state index in [0.717, 1.165) is 18.4 Å². The molecule has 0 saturated carbocycles. The van der Waals surface area contributed by atoms with Gasteiger partial charge in [0, 0.05) is 0 Å². The Morgan fingerprint density at radius 2 is 1.48 bits per heavy atom. The predicted molar refractivity (Wildman–Crippen MR) is 102 cm³/mol. The van der Waals surface area contributed by atoms with E-state index in [4.69, 9.17) is 4.43 Å². The maximum atomic E-state index is 10.2. The van der Waals surface area contributed by atoms with Crippen LogP contribution < -0.4 is 0 Å². The van der Waals surface area contributed by atoms with Crippen LogP contribution in [0.2, 0.25) is 16.6 Å². The molecule has 2 nitrogen and oxygen atoms in total. The molecule has 1 atom stereocenters. The number of rotatable bonds is 9. The van der Waals surface area contributed by atoms with Gasteiger partial charge in [-0.25, -0.2) is 0 Å². The largest absolute Gasteiger partial charge is 0.548 e. The molecule has 0 amide bonds. The summed E-state index contributed by atoms with van der Waals surface area (Å²) in [5.74, 6) is 0. The first-order valence-corrected chi connectivity index (χ1v) is 11.0. The molecule has 1 N–H and O–H groups in total. The summed E-state index contributed by atoms with van der Waals surface area (Å²) in [7, 11) is -1.82. The van der Waals surface area contributed by atoms with E-state index >= 15 is 0 Å². The highest BCUT2D eigenvalue weighted by atomic mass is 28.4. The molecule has 0 saturated heterocycles. The minimum absolute atomic E-state index is 0.400. The fraction of sp³-hybridized carbons (Fsp3) is 0.600. The van der Waals surface area contributed by atoms with Crippen molar-refractivity contribution in [1.29, 1.82) is 0 Å². The van der Waals surface area contributed by atoms with Crippen LogP contribution >= 0.6 is 0 Å². The smallest absolute Gasteiger partial charge is 0.257 e. The van der Waals surface area contributed by atoms with Gasteiger partial charge >= 0.3 is 0 Å². The summed E-state index contributed by atoms with van der Waals surface area (Å²) in [6.45, 7) is 13.7. The van der Waals surface area contributed by atoms with Crippen LogP contribution in [-0.4, -0.2) is 13.4 Å². The van der Waals surface area contributed by atoms with Gasteiger partial charge in [-0.05, 0) is 35.0 Å². The van der Waals surface area contributed by atoms with E-state index < -0.39 is 14.4 Å². The Kier molecular flexibility index (Phi) is 8.07. The average Bonchev–Trinajstić information content (AvgIpc) is 2.50. The molecule has 0 radical (unpaired) electrons. The van der Waals surface area contributed by atoms with Crippen LogP contribution in [0.3, 0.4) is 0 Å². The lowest BCUT2D eigenvalue weighted by molar-refractivity contribution is 0.168. The number of allylic oxidation sites excluding steroid dienone is 1. The highest BCUT2D eigenvalue weighted by Gasteiger charge is 2.46. The molecule has 0 unspecified atom stereocenters. The Labute approximate surface area is 143 Å². The van der Waals surface area contributed by atoms with E-state index in [9.17, 15) is 5.11 Å². The van der Waals surface area contributed by atoms with Crippen molar-refractivity contribution in [2.45, 2.75) is 77.1 Å². The predicted octanol–water partition coefficient (Wildman–Crippen LogP) is 6.21. The maximum absolute atomic E-state index is 10.2. The lowest BCUT2D eigenvalue weighted by Crippen LogP contribution is -2.46. The molecule has 0 aliphatic carbocycles. The molecule has 0 fully saturated rings. The Bertz CT molecular complexity index is 444. The van der Waals surface area contributed by atoms with Gasteiger partial charge in [-0.1, -0.05) is 78.0 Å². The number of hydrogen-bond acceptors (Lipinski definition) is 2. The number of hydrogen-bond donors (Lipinski definition) is 1. The van der Waals surface area contributed by atoms with Gasteiger partial charge in [0.25, 0.3) is 8.32 Å². The van der Waals surface area contributed by atoms with Gasteiger partial charge in [0.1, 0.15) is 0 Å². The minimum atomic E-state index is -1.82. The Morgan fingerprint density at radius 1 is 0.957 bits per heavy atom. The first-order valence-electron chi connectivity index (χ1n) is 8.88. The molecule has 0 bridgehead atoms. The van der Waals surface area contributed by atoms with Gasteiger partial charge in [-0.2, -0.15) is 0 Å². The van der Waals surface area contributed by atoms with Crippen molar-refractivity contribution in [3.05, 3.63) is 48.2 Å². The number of aliphatic hydroxyl groups is 1. The van der Waals surface area contributed by atoms with Crippen LogP contribution in [0, 0.1) is 0 Å². The summed E-state index contributed by atoms with van der Waals surface area (Å²) < 4.78 is 6.38. The molecule has 23 heavy (non-hydrogen) atoms. The van der Waals surface area contributed by atoms with Crippen LogP contribution in [-0.2, 0) is 4.43 Å². The molecule has 0 aromatic heterocycles. The van der Waals surface area contributed by atoms with Crippen molar-refractivity contribution in [3.8, 4) is 0 Å². The second-order valence-corrected chi connectivity index (χ2v) is 12.7. The highest BCUT2D eigenvalue weighted by Crippen LogP contribution is 2.42. The molecular weight excluding hydrogens is 300 g/mol. The molecular formula is C20H34O2Si. The Hall–Kier alpha value is -1.06. The van der Waals surface area contributed by atoms with Gasteiger partial charge < -0.3 is 9.53 Å². The summed E-state index contributed by atoms with van der Waals surface area (Å²) in [6.07, 6.45) is 5.13. The molecule has 1 aromatic carbocycles. The third-order valence-corrected chi connectivity index (χ3v) is 10.8. The van der Waals surface area contributed by atoms with E-state index in [1.54, 1.807) is 0 Å². The van der Waals surface area contributed by atoms with E-state index in [2.05, 4.69) is 47.6 Å². The quantitative estimate of drug-likeness (QED) is 0.430. The molecule has 0 spiro atoms. The monoisotopic (exact) mass is 334 g/mol. The average molecular weight is 335 g/mol. The van der Waals surface area contributed by atoms with Crippen LogP contribution in [0.1, 0.15) is 66.1 Å². The van der Waals surface area contributed by atoms with E-state index in [1.165, 1.54) is 0 Å². The third-order valence-electron chi connectivity index (χ3n) is 4.87. The summed E-state index contributed by atoms with van der Waals surface area (Å²) in [6, 6.07) is 9.84. The zero-order chi connectivity index (χ0) is 17.5. The lowest BCUT2D eigenvalue weighted by atomic mass is 10.1. The van der Waals surface area contributed by atoms with Crippen LogP contribution in [0.15, 0.2) is 42.7 Å². The SMILES string of the molecule is CC(C)[Si](O/C=C/CC[C@H](O)c1ccccc1)(C(C)C)C(C)C. The van der Waals surface area contributed by atoms with Crippen LogP contribution in [0.25, 0.3) is 0 Å². The molecule has 1 aromatic rings. The normalized spacial score (nSPS) is 14.2. The molecule has 1 rings (SSSR count). The van der Waals surface area contributed by atoms with E-state index in [0.29, 0.717) is 16.6 Å². The zero-order valence-corrected chi connectivity index (χ0v) is 16.6.